The topological polar surface area (TPSA) is 78.2 Å². The summed E-state index contributed by atoms with van der Waals surface area (Å²) in [5.41, 5.74) is 1.29. The van der Waals surface area contributed by atoms with Crippen LogP contribution in [0.25, 0.3) is 0 Å². The third kappa shape index (κ3) is 3.05. The summed E-state index contributed by atoms with van der Waals surface area (Å²) in [6.07, 6.45) is 3.83. The molecule has 1 N–H and O–H groups in total. The standard InChI is InChI=1S/C16H20N4O3/c1-3-20-13(6-8-17-20)15-12(7-9-23-15)18-16(22)11-4-5-14(21)19(2)10-11/h4-6,8,10,12,15H,3,7,9H2,1-2H3,(H,18,22)/t12-,15-/m0/s1. The summed E-state index contributed by atoms with van der Waals surface area (Å²) in [5.74, 6) is -0.205. The third-order valence-corrected chi connectivity index (χ3v) is 4.10. The van der Waals surface area contributed by atoms with Crippen molar-refractivity contribution in [2.24, 2.45) is 7.05 Å². The minimum absolute atomic E-state index is 0.110. The number of carbonyl (C=O) groups excluding carboxylic acids is 1. The van der Waals surface area contributed by atoms with Crippen molar-refractivity contribution in [1.82, 2.24) is 19.7 Å². The van der Waals surface area contributed by atoms with Crippen LogP contribution in [0, 0.1) is 0 Å². The van der Waals surface area contributed by atoms with Crippen LogP contribution in [0.15, 0.2) is 35.4 Å². The van der Waals surface area contributed by atoms with Crippen molar-refractivity contribution in [1.29, 1.82) is 0 Å². The highest BCUT2D eigenvalue weighted by molar-refractivity contribution is 5.94. The fourth-order valence-corrected chi connectivity index (χ4v) is 2.86. The normalized spacial score (nSPS) is 20.6. The van der Waals surface area contributed by atoms with E-state index in [9.17, 15) is 9.59 Å². The lowest BCUT2D eigenvalue weighted by molar-refractivity contribution is 0.0788. The number of nitrogens with zero attached hydrogens (tertiary/aromatic N) is 3. The van der Waals surface area contributed by atoms with Gasteiger partial charge in [0.2, 0.25) is 5.56 Å². The zero-order valence-corrected chi connectivity index (χ0v) is 13.2. The Hall–Kier alpha value is -2.41. The fraction of sp³-hybridized carbons (Fsp3) is 0.438. The quantitative estimate of drug-likeness (QED) is 0.907. The Morgan fingerprint density at radius 1 is 1.43 bits per heavy atom. The van der Waals surface area contributed by atoms with Crippen molar-refractivity contribution < 1.29 is 9.53 Å². The molecule has 0 spiro atoms. The molecule has 1 saturated heterocycles. The Balaban J connectivity index is 1.77. The molecule has 0 radical (unpaired) electrons. The molecule has 2 atom stereocenters. The van der Waals surface area contributed by atoms with Crippen molar-refractivity contribution in [3.05, 3.63) is 52.2 Å². The van der Waals surface area contributed by atoms with Crippen molar-refractivity contribution in [3.8, 4) is 0 Å². The molecule has 0 aliphatic carbocycles. The molecule has 23 heavy (non-hydrogen) atoms. The van der Waals surface area contributed by atoms with Crippen LogP contribution in [-0.4, -0.2) is 32.9 Å². The molecule has 1 amide bonds. The molecule has 3 rings (SSSR count). The molecule has 1 aliphatic rings. The first-order valence-electron chi connectivity index (χ1n) is 7.71. The zero-order chi connectivity index (χ0) is 16.4. The number of amides is 1. The molecular weight excluding hydrogens is 296 g/mol. The molecule has 0 bridgehead atoms. The average molecular weight is 316 g/mol. The van der Waals surface area contributed by atoms with Gasteiger partial charge in [-0.2, -0.15) is 5.10 Å². The van der Waals surface area contributed by atoms with Crippen molar-refractivity contribution in [3.63, 3.8) is 0 Å². The van der Waals surface area contributed by atoms with E-state index in [1.54, 1.807) is 25.5 Å². The highest BCUT2D eigenvalue weighted by atomic mass is 16.5. The first-order valence-corrected chi connectivity index (χ1v) is 7.71. The summed E-state index contributed by atoms with van der Waals surface area (Å²) in [6, 6.07) is 4.75. The van der Waals surface area contributed by atoms with E-state index in [1.807, 2.05) is 17.7 Å². The number of rotatable bonds is 4. The van der Waals surface area contributed by atoms with Crippen LogP contribution in [0.5, 0.6) is 0 Å². The molecule has 1 fully saturated rings. The van der Waals surface area contributed by atoms with Crippen LogP contribution in [0.1, 0.15) is 35.5 Å². The SMILES string of the molecule is CCn1nccc1[C@H]1OCC[C@@H]1NC(=O)c1ccc(=O)n(C)c1. The summed E-state index contributed by atoms with van der Waals surface area (Å²) in [4.78, 5) is 23.8. The van der Waals surface area contributed by atoms with Gasteiger partial charge < -0.3 is 14.6 Å². The van der Waals surface area contributed by atoms with Gasteiger partial charge >= 0.3 is 0 Å². The van der Waals surface area contributed by atoms with E-state index in [0.29, 0.717) is 12.2 Å². The van der Waals surface area contributed by atoms with E-state index < -0.39 is 0 Å². The molecule has 122 valence electrons. The molecule has 0 saturated carbocycles. The number of aryl methyl sites for hydroxylation is 2. The molecule has 0 aromatic carbocycles. The lowest BCUT2D eigenvalue weighted by Gasteiger charge is -2.20. The van der Waals surface area contributed by atoms with E-state index >= 15 is 0 Å². The predicted molar refractivity (Wildman–Crippen MR) is 84.1 cm³/mol. The van der Waals surface area contributed by atoms with Gasteiger partial charge in [0.1, 0.15) is 6.10 Å². The second-order valence-electron chi connectivity index (χ2n) is 5.60. The second-order valence-corrected chi connectivity index (χ2v) is 5.60. The largest absolute Gasteiger partial charge is 0.370 e. The van der Waals surface area contributed by atoms with Gasteiger partial charge in [-0.15, -0.1) is 0 Å². The zero-order valence-electron chi connectivity index (χ0n) is 13.2. The van der Waals surface area contributed by atoms with E-state index in [4.69, 9.17) is 4.74 Å². The van der Waals surface area contributed by atoms with E-state index in [1.165, 1.54) is 10.6 Å². The van der Waals surface area contributed by atoms with Gasteiger partial charge in [-0.1, -0.05) is 0 Å². The van der Waals surface area contributed by atoms with Crippen molar-refractivity contribution in [2.45, 2.75) is 32.0 Å². The first kappa shape index (κ1) is 15.5. The van der Waals surface area contributed by atoms with Gasteiger partial charge in [0.15, 0.2) is 0 Å². The number of hydrogen-bond acceptors (Lipinski definition) is 4. The monoisotopic (exact) mass is 316 g/mol. The van der Waals surface area contributed by atoms with Gasteiger partial charge in [-0.05, 0) is 25.5 Å². The predicted octanol–water partition coefficient (Wildman–Crippen LogP) is 0.862. The van der Waals surface area contributed by atoms with Gasteiger partial charge in [-0.25, -0.2) is 0 Å². The lowest BCUT2D eigenvalue weighted by Crippen LogP contribution is -2.38. The van der Waals surface area contributed by atoms with Crippen LogP contribution in [0.2, 0.25) is 0 Å². The molecule has 2 aromatic heterocycles. The maximum absolute atomic E-state index is 12.4. The maximum Gasteiger partial charge on any atom is 0.253 e. The molecule has 2 aromatic rings. The van der Waals surface area contributed by atoms with E-state index in [2.05, 4.69) is 10.4 Å². The van der Waals surface area contributed by atoms with Gasteiger partial charge in [0.05, 0.1) is 17.3 Å². The number of aromatic nitrogens is 3. The molecule has 7 heteroatoms. The van der Waals surface area contributed by atoms with Crippen LogP contribution in [0.4, 0.5) is 0 Å². The Morgan fingerprint density at radius 2 is 2.26 bits per heavy atom. The molecule has 1 aliphatic heterocycles. The smallest absolute Gasteiger partial charge is 0.253 e. The van der Waals surface area contributed by atoms with Crippen LogP contribution in [0.3, 0.4) is 0 Å². The lowest BCUT2D eigenvalue weighted by atomic mass is 10.1. The van der Waals surface area contributed by atoms with Crippen molar-refractivity contribution in [2.75, 3.05) is 6.61 Å². The molecule has 3 heterocycles. The summed E-state index contributed by atoms with van der Waals surface area (Å²) in [6.45, 7) is 3.37. The Morgan fingerprint density at radius 3 is 3.00 bits per heavy atom. The fourth-order valence-electron chi connectivity index (χ4n) is 2.86. The summed E-state index contributed by atoms with van der Waals surface area (Å²) in [5, 5.41) is 7.27. The van der Waals surface area contributed by atoms with E-state index in [0.717, 1.165) is 18.7 Å². The second kappa shape index (κ2) is 6.37. The number of hydrogen-bond donors (Lipinski definition) is 1. The third-order valence-electron chi connectivity index (χ3n) is 4.10. The minimum Gasteiger partial charge on any atom is -0.370 e. The minimum atomic E-state index is -0.205. The van der Waals surface area contributed by atoms with Crippen LogP contribution < -0.4 is 10.9 Å². The Kier molecular flexibility index (Phi) is 4.29. The summed E-state index contributed by atoms with van der Waals surface area (Å²) >= 11 is 0. The highest BCUT2D eigenvalue weighted by Crippen LogP contribution is 2.29. The number of ether oxygens (including phenoxy) is 1. The maximum atomic E-state index is 12.4. The highest BCUT2D eigenvalue weighted by Gasteiger charge is 2.33. The van der Waals surface area contributed by atoms with Crippen LogP contribution >= 0.6 is 0 Å². The Bertz CT molecular complexity index is 765. The summed E-state index contributed by atoms with van der Waals surface area (Å²) in [7, 11) is 1.63. The van der Waals surface area contributed by atoms with Gasteiger partial charge in [0, 0.05) is 38.7 Å². The van der Waals surface area contributed by atoms with Crippen LogP contribution in [-0.2, 0) is 18.3 Å². The number of carbonyl (C=O) groups is 1. The average Bonchev–Trinajstić information content (AvgIpc) is 3.17. The van der Waals surface area contributed by atoms with Crippen molar-refractivity contribution >= 4 is 5.91 Å². The Labute approximate surface area is 133 Å². The summed E-state index contributed by atoms with van der Waals surface area (Å²) < 4.78 is 9.07. The number of nitrogens with one attached hydrogen (secondary N) is 1. The first-order chi connectivity index (χ1) is 11.1. The number of pyridine rings is 1. The molecule has 7 nitrogen and oxygen atoms in total. The van der Waals surface area contributed by atoms with Gasteiger partial charge in [0.25, 0.3) is 5.91 Å². The van der Waals surface area contributed by atoms with Gasteiger partial charge in [-0.3, -0.25) is 14.3 Å². The molecular formula is C16H20N4O3. The van der Waals surface area contributed by atoms with E-state index in [-0.39, 0.29) is 23.6 Å². The molecule has 0 unspecified atom stereocenters.